The third-order valence-electron chi connectivity index (χ3n) is 3.24. The van der Waals surface area contributed by atoms with Crippen LogP contribution in [0.3, 0.4) is 0 Å². The Morgan fingerprint density at radius 3 is 2.61 bits per heavy atom. The molecule has 1 aromatic carbocycles. The van der Waals surface area contributed by atoms with Gasteiger partial charge in [0.2, 0.25) is 5.82 Å². The van der Waals surface area contributed by atoms with Crippen molar-refractivity contribution in [1.82, 2.24) is 9.97 Å². The third kappa shape index (κ3) is 3.85. The molecule has 0 fully saturated rings. The molecular formula is C15H18N4O4. The quantitative estimate of drug-likeness (QED) is 0.617. The van der Waals surface area contributed by atoms with Crippen LogP contribution < -0.4 is 14.8 Å². The van der Waals surface area contributed by atoms with Crippen LogP contribution in [0.4, 0.5) is 11.5 Å². The van der Waals surface area contributed by atoms with Crippen LogP contribution in [0, 0.1) is 10.1 Å². The lowest BCUT2D eigenvalue weighted by molar-refractivity contribution is -0.385. The number of nitrogens with zero attached hydrogens (tertiary/aromatic N) is 3. The van der Waals surface area contributed by atoms with Gasteiger partial charge in [0.15, 0.2) is 11.5 Å². The van der Waals surface area contributed by atoms with E-state index >= 15 is 0 Å². The summed E-state index contributed by atoms with van der Waals surface area (Å²) in [6, 6.07) is 6.88. The first-order chi connectivity index (χ1) is 11.1. The number of benzene rings is 1. The summed E-state index contributed by atoms with van der Waals surface area (Å²) in [6.45, 7) is 3.88. The molecule has 1 aromatic heterocycles. The summed E-state index contributed by atoms with van der Waals surface area (Å²) in [5, 5.41) is 14.4. The van der Waals surface area contributed by atoms with Gasteiger partial charge in [-0.15, -0.1) is 0 Å². The van der Waals surface area contributed by atoms with Gasteiger partial charge >= 0.3 is 11.6 Å². The van der Waals surface area contributed by atoms with E-state index in [1.54, 1.807) is 24.3 Å². The van der Waals surface area contributed by atoms with Gasteiger partial charge in [0.05, 0.1) is 12.0 Å². The summed E-state index contributed by atoms with van der Waals surface area (Å²) in [5.74, 6) is 0.785. The Balaban J connectivity index is 2.42. The summed E-state index contributed by atoms with van der Waals surface area (Å²) in [6.07, 6.45) is 2.02. The molecule has 1 N–H and O–H groups in total. The van der Waals surface area contributed by atoms with Crippen molar-refractivity contribution >= 4 is 11.5 Å². The number of rotatable bonds is 7. The highest BCUT2D eigenvalue weighted by Crippen LogP contribution is 2.37. The van der Waals surface area contributed by atoms with Gasteiger partial charge in [-0.2, -0.15) is 4.98 Å². The molecule has 23 heavy (non-hydrogen) atoms. The van der Waals surface area contributed by atoms with Crippen LogP contribution in [0.15, 0.2) is 30.6 Å². The number of hydrogen-bond acceptors (Lipinski definition) is 7. The summed E-state index contributed by atoms with van der Waals surface area (Å²) in [7, 11) is 1.49. The van der Waals surface area contributed by atoms with Crippen molar-refractivity contribution in [3.05, 3.63) is 40.7 Å². The molecule has 1 heterocycles. The number of methoxy groups -OCH3 is 1. The maximum Gasteiger partial charge on any atom is 0.373 e. The molecule has 0 saturated heterocycles. The molecular weight excluding hydrogens is 300 g/mol. The fourth-order valence-corrected chi connectivity index (χ4v) is 1.85. The van der Waals surface area contributed by atoms with Crippen LogP contribution in [0.2, 0.25) is 0 Å². The highest BCUT2D eigenvalue weighted by Gasteiger charge is 2.26. The van der Waals surface area contributed by atoms with Crippen molar-refractivity contribution in [2.24, 2.45) is 0 Å². The number of aromatic nitrogens is 2. The molecule has 0 aliphatic carbocycles. The van der Waals surface area contributed by atoms with E-state index in [2.05, 4.69) is 15.3 Å². The van der Waals surface area contributed by atoms with Gasteiger partial charge in [-0.1, -0.05) is 19.1 Å². The standard InChI is InChI=1S/C15H18N4O4/c1-4-10(2)18-14-13(19(20)21)15(17-9-16-14)23-12-8-6-5-7-11(12)22-3/h5-10H,4H2,1-3H3,(H,16,17,18). The second kappa shape index (κ2) is 7.39. The first kappa shape index (κ1) is 16.5. The lowest BCUT2D eigenvalue weighted by Crippen LogP contribution is -2.16. The van der Waals surface area contributed by atoms with E-state index in [1.807, 2.05) is 13.8 Å². The van der Waals surface area contributed by atoms with E-state index in [1.165, 1.54) is 13.4 Å². The first-order valence-electron chi connectivity index (χ1n) is 7.13. The Bertz CT molecular complexity index is 693. The van der Waals surface area contributed by atoms with Crippen LogP contribution >= 0.6 is 0 Å². The van der Waals surface area contributed by atoms with Crippen molar-refractivity contribution in [2.45, 2.75) is 26.3 Å². The van der Waals surface area contributed by atoms with Gasteiger partial charge < -0.3 is 14.8 Å². The average molecular weight is 318 g/mol. The molecule has 1 unspecified atom stereocenters. The van der Waals surface area contributed by atoms with Gasteiger partial charge in [-0.3, -0.25) is 10.1 Å². The predicted octanol–water partition coefficient (Wildman–Crippen LogP) is 3.40. The van der Waals surface area contributed by atoms with Gasteiger partial charge in [-0.25, -0.2) is 4.98 Å². The lowest BCUT2D eigenvalue weighted by Gasteiger charge is -2.14. The average Bonchev–Trinajstić information content (AvgIpc) is 2.55. The Kier molecular flexibility index (Phi) is 5.29. The number of para-hydroxylation sites is 2. The Hall–Kier alpha value is -2.90. The predicted molar refractivity (Wildman–Crippen MR) is 85.1 cm³/mol. The molecule has 0 spiro atoms. The second-order valence-corrected chi connectivity index (χ2v) is 4.84. The van der Waals surface area contributed by atoms with E-state index in [0.717, 1.165) is 6.42 Å². The molecule has 0 amide bonds. The molecule has 0 radical (unpaired) electrons. The number of nitro groups is 1. The molecule has 0 aliphatic heterocycles. The zero-order valence-corrected chi connectivity index (χ0v) is 13.1. The van der Waals surface area contributed by atoms with Crippen LogP contribution in [-0.2, 0) is 0 Å². The summed E-state index contributed by atoms with van der Waals surface area (Å²) < 4.78 is 10.8. The Morgan fingerprint density at radius 1 is 1.30 bits per heavy atom. The van der Waals surface area contributed by atoms with Gasteiger partial charge in [0.1, 0.15) is 6.33 Å². The number of ether oxygens (including phenoxy) is 2. The highest BCUT2D eigenvalue weighted by atomic mass is 16.6. The van der Waals surface area contributed by atoms with E-state index in [0.29, 0.717) is 11.5 Å². The Morgan fingerprint density at radius 2 is 2.00 bits per heavy atom. The summed E-state index contributed by atoms with van der Waals surface area (Å²) in [4.78, 5) is 18.7. The zero-order chi connectivity index (χ0) is 16.8. The number of anilines is 1. The van der Waals surface area contributed by atoms with Crippen LogP contribution in [0.25, 0.3) is 0 Å². The highest BCUT2D eigenvalue weighted by molar-refractivity contribution is 5.62. The minimum absolute atomic E-state index is 0.0303. The van der Waals surface area contributed by atoms with Gasteiger partial charge in [-0.05, 0) is 25.5 Å². The number of hydrogen-bond donors (Lipinski definition) is 1. The van der Waals surface area contributed by atoms with Crippen molar-refractivity contribution in [3.8, 4) is 17.4 Å². The van der Waals surface area contributed by atoms with E-state index < -0.39 is 4.92 Å². The molecule has 1 atom stereocenters. The normalized spacial score (nSPS) is 11.6. The molecule has 2 aromatic rings. The topological polar surface area (TPSA) is 99.4 Å². The molecule has 0 aliphatic rings. The van der Waals surface area contributed by atoms with E-state index in [4.69, 9.17) is 9.47 Å². The van der Waals surface area contributed by atoms with E-state index in [9.17, 15) is 10.1 Å². The first-order valence-corrected chi connectivity index (χ1v) is 7.13. The summed E-state index contributed by atoms with van der Waals surface area (Å²) >= 11 is 0. The van der Waals surface area contributed by atoms with Crippen molar-refractivity contribution in [1.29, 1.82) is 0 Å². The monoisotopic (exact) mass is 318 g/mol. The number of nitrogens with one attached hydrogen (secondary N) is 1. The zero-order valence-electron chi connectivity index (χ0n) is 13.1. The van der Waals surface area contributed by atoms with E-state index in [-0.39, 0.29) is 23.4 Å². The molecule has 8 nitrogen and oxygen atoms in total. The molecule has 2 rings (SSSR count). The SMILES string of the molecule is CCC(C)Nc1ncnc(Oc2ccccc2OC)c1[N+](=O)[O-]. The smallest absolute Gasteiger partial charge is 0.373 e. The Labute approximate surface area is 133 Å². The fraction of sp³-hybridized carbons (Fsp3) is 0.333. The van der Waals surface area contributed by atoms with Crippen LogP contribution in [0.1, 0.15) is 20.3 Å². The largest absolute Gasteiger partial charge is 0.493 e. The van der Waals surface area contributed by atoms with Gasteiger partial charge in [0.25, 0.3) is 0 Å². The fourth-order valence-electron chi connectivity index (χ4n) is 1.85. The third-order valence-corrected chi connectivity index (χ3v) is 3.24. The molecule has 0 saturated carbocycles. The second-order valence-electron chi connectivity index (χ2n) is 4.84. The molecule has 8 heteroatoms. The molecule has 122 valence electrons. The maximum atomic E-state index is 11.4. The minimum Gasteiger partial charge on any atom is -0.493 e. The maximum absolute atomic E-state index is 11.4. The van der Waals surface area contributed by atoms with Crippen LogP contribution in [0.5, 0.6) is 17.4 Å². The van der Waals surface area contributed by atoms with Crippen molar-refractivity contribution in [2.75, 3.05) is 12.4 Å². The molecule has 0 bridgehead atoms. The van der Waals surface area contributed by atoms with Crippen molar-refractivity contribution in [3.63, 3.8) is 0 Å². The van der Waals surface area contributed by atoms with Gasteiger partial charge in [0, 0.05) is 6.04 Å². The minimum atomic E-state index is -0.560. The lowest BCUT2D eigenvalue weighted by atomic mass is 10.2. The van der Waals surface area contributed by atoms with Crippen molar-refractivity contribution < 1.29 is 14.4 Å². The van der Waals surface area contributed by atoms with Crippen LogP contribution in [-0.4, -0.2) is 28.0 Å². The summed E-state index contributed by atoms with van der Waals surface area (Å²) in [5.41, 5.74) is -0.307.